The first kappa shape index (κ1) is 12.8. The molecule has 0 saturated heterocycles. The van der Waals surface area contributed by atoms with E-state index in [1.165, 1.54) is 0 Å². The first-order chi connectivity index (χ1) is 8.72. The molecule has 0 bridgehead atoms. The number of benzene rings is 1. The summed E-state index contributed by atoms with van der Waals surface area (Å²) in [5, 5.41) is 5.85. The number of rotatable bonds is 4. The van der Waals surface area contributed by atoms with E-state index >= 15 is 0 Å². The average molecular weight is 260 g/mol. The number of amides is 1. The van der Waals surface area contributed by atoms with Crippen LogP contribution in [0.3, 0.4) is 0 Å². The fraction of sp³-hybridized carbons (Fsp3) is 0.286. The van der Waals surface area contributed by atoms with Gasteiger partial charge in [-0.3, -0.25) is 4.79 Å². The molecule has 94 valence electrons. The summed E-state index contributed by atoms with van der Waals surface area (Å²) in [5.41, 5.74) is 3.14. The zero-order chi connectivity index (χ0) is 13.0. The molecule has 0 aliphatic rings. The Morgan fingerprint density at radius 2 is 2.06 bits per heavy atom. The van der Waals surface area contributed by atoms with Crippen LogP contribution in [0, 0.1) is 0 Å². The highest BCUT2D eigenvalue weighted by Crippen LogP contribution is 2.22. The van der Waals surface area contributed by atoms with Crippen LogP contribution in [-0.2, 0) is 17.6 Å². The lowest BCUT2D eigenvalue weighted by atomic mass is 10.1. The highest BCUT2D eigenvalue weighted by Gasteiger charge is 2.05. The molecule has 0 aliphatic carbocycles. The number of aryl methyl sites for hydroxylation is 1. The summed E-state index contributed by atoms with van der Waals surface area (Å²) in [6, 6.07) is 8.00. The topological polar surface area (TPSA) is 42.0 Å². The third-order valence-electron chi connectivity index (χ3n) is 2.75. The minimum atomic E-state index is 0.0321. The normalized spacial score (nSPS) is 10.3. The number of hydrogen-bond donors (Lipinski definition) is 1. The van der Waals surface area contributed by atoms with Gasteiger partial charge in [0.2, 0.25) is 5.91 Å². The first-order valence-corrected chi connectivity index (χ1v) is 6.85. The van der Waals surface area contributed by atoms with Gasteiger partial charge in [-0.1, -0.05) is 31.2 Å². The maximum atomic E-state index is 11.3. The molecule has 0 atom stereocenters. The second-order valence-corrected chi connectivity index (χ2v) is 4.97. The van der Waals surface area contributed by atoms with Crippen molar-refractivity contribution in [1.82, 2.24) is 10.3 Å². The van der Waals surface area contributed by atoms with Crippen molar-refractivity contribution in [3.8, 4) is 11.3 Å². The second-order valence-electron chi connectivity index (χ2n) is 4.03. The maximum absolute atomic E-state index is 11.3. The smallest absolute Gasteiger partial charge is 0.224 e. The first-order valence-electron chi connectivity index (χ1n) is 5.97. The fourth-order valence-electron chi connectivity index (χ4n) is 1.67. The number of carbonyl (C=O) groups is 1. The zero-order valence-electron chi connectivity index (χ0n) is 10.6. The van der Waals surface area contributed by atoms with Gasteiger partial charge in [0.1, 0.15) is 0 Å². The Morgan fingerprint density at radius 3 is 2.61 bits per heavy atom. The van der Waals surface area contributed by atoms with Gasteiger partial charge in [-0.2, -0.15) is 0 Å². The van der Waals surface area contributed by atoms with Gasteiger partial charge < -0.3 is 5.32 Å². The van der Waals surface area contributed by atoms with Crippen LogP contribution in [0.2, 0.25) is 0 Å². The standard InChI is InChI=1S/C14H16N2OS/c1-3-14-16-12(9-18-14)11-6-4-10(5-7-11)8-13(17)15-2/h4-7,9H,3,8H2,1-2H3,(H,15,17). The number of nitrogens with one attached hydrogen (secondary N) is 1. The van der Waals surface area contributed by atoms with Crippen LogP contribution >= 0.6 is 11.3 Å². The summed E-state index contributed by atoms with van der Waals surface area (Å²) in [6.07, 6.45) is 1.40. The van der Waals surface area contributed by atoms with Gasteiger partial charge in [-0.25, -0.2) is 4.98 Å². The van der Waals surface area contributed by atoms with Crippen molar-refractivity contribution in [2.45, 2.75) is 19.8 Å². The lowest BCUT2D eigenvalue weighted by Crippen LogP contribution is -2.19. The van der Waals surface area contributed by atoms with Gasteiger partial charge >= 0.3 is 0 Å². The van der Waals surface area contributed by atoms with Crippen LogP contribution in [0.5, 0.6) is 0 Å². The molecule has 1 N–H and O–H groups in total. The molecule has 0 unspecified atom stereocenters. The number of likely N-dealkylation sites (N-methyl/N-ethyl adjacent to an activating group) is 1. The molecule has 1 aromatic heterocycles. The largest absolute Gasteiger partial charge is 0.359 e. The van der Waals surface area contributed by atoms with E-state index in [4.69, 9.17) is 0 Å². The van der Waals surface area contributed by atoms with Crippen molar-refractivity contribution in [3.63, 3.8) is 0 Å². The molecule has 0 saturated carbocycles. The van der Waals surface area contributed by atoms with Crippen LogP contribution in [0.25, 0.3) is 11.3 Å². The predicted octanol–water partition coefficient (Wildman–Crippen LogP) is 2.66. The molecule has 0 radical (unpaired) electrons. The van der Waals surface area contributed by atoms with E-state index in [1.807, 2.05) is 24.3 Å². The Morgan fingerprint density at radius 1 is 1.33 bits per heavy atom. The molecule has 2 rings (SSSR count). The summed E-state index contributed by atoms with van der Waals surface area (Å²) >= 11 is 1.69. The quantitative estimate of drug-likeness (QED) is 0.918. The van der Waals surface area contributed by atoms with Gasteiger partial charge in [0, 0.05) is 18.0 Å². The SMILES string of the molecule is CCc1nc(-c2ccc(CC(=O)NC)cc2)cs1. The van der Waals surface area contributed by atoms with Crippen molar-refractivity contribution in [3.05, 3.63) is 40.2 Å². The molecular formula is C14H16N2OS. The van der Waals surface area contributed by atoms with Gasteiger partial charge in [0.15, 0.2) is 0 Å². The van der Waals surface area contributed by atoms with Crippen molar-refractivity contribution < 1.29 is 4.79 Å². The Balaban J connectivity index is 2.14. The summed E-state index contributed by atoms with van der Waals surface area (Å²) in [7, 11) is 1.65. The van der Waals surface area contributed by atoms with Crippen molar-refractivity contribution in [2.24, 2.45) is 0 Å². The monoisotopic (exact) mass is 260 g/mol. The number of hydrogen-bond acceptors (Lipinski definition) is 3. The van der Waals surface area contributed by atoms with E-state index in [-0.39, 0.29) is 5.91 Å². The highest BCUT2D eigenvalue weighted by atomic mass is 32.1. The van der Waals surface area contributed by atoms with E-state index in [0.29, 0.717) is 6.42 Å². The molecule has 0 spiro atoms. The van der Waals surface area contributed by atoms with Crippen LogP contribution < -0.4 is 5.32 Å². The molecule has 0 fully saturated rings. The Labute approximate surface area is 111 Å². The minimum absolute atomic E-state index is 0.0321. The lowest BCUT2D eigenvalue weighted by molar-refractivity contribution is -0.119. The Bertz CT molecular complexity index is 531. The van der Waals surface area contributed by atoms with Crippen molar-refractivity contribution in [2.75, 3.05) is 7.05 Å². The van der Waals surface area contributed by atoms with Gasteiger partial charge in [0.25, 0.3) is 0 Å². The van der Waals surface area contributed by atoms with Crippen LogP contribution in [-0.4, -0.2) is 17.9 Å². The van der Waals surface area contributed by atoms with E-state index in [2.05, 4.69) is 22.6 Å². The number of thiazole rings is 1. The average Bonchev–Trinajstić information content (AvgIpc) is 2.88. The van der Waals surface area contributed by atoms with Gasteiger partial charge in [-0.05, 0) is 12.0 Å². The Hall–Kier alpha value is -1.68. The predicted molar refractivity (Wildman–Crippen MR) is 74.7 cm³/mol. The van der Waals surface area contributed by atoms with Crippen molar-refractivity contribution in [1.29, 1.82) is 0 Å². The molecule has 4 heteroatoms. The third-order valence-corrected chi connectivity index (χ3v) is 3.74. The summed E-state index contributed by atoms with van der Waals surface area (Å²) in [5.74, 6) is 0.0321. The third kappa shape index (κ3) is 2.96. The molecule has 1 amide bonds. The highest BCUT2D eigenvalue weighted by molar-refractivity contribution is 7.09. The van der Waals surface area contributed by atoms with E-state index in [0.717, 1.165) is 28.2 Å². The number of aromatic nitrogens is 1. The van der Waals surface area contributed by atoms with E-state index in [1.54, 1.807) is 18.4 Å². The summed E-state index contributed by atoms with van der Waals surface area (Å²) < 4.78 is 0. The molecule has 1 aromatic carbocycles. The fourth-order valence-corrected chi connectivity index (χ4v) is 2.43. The number of nitrogens with zero attached hydrogens (tertiary/aromatic N) is 1. The number of carbonyl (C=O) groups excluding carboxylic acids is 1. The Kier molecular flexibility index (Phi) is 4.10. The lowest BCUT2D eigenvalue weighted by Gasteiger charge is -2.02. The molecule has 0 aliphatic heterocycles. The molecule has 18 heavy (non-hydrogen) atoms. The van der Waals surface area contributed by atoms with Crippen LogP contribution in [0.15, 0.2) is 29.6 Å². The molecular weight excluding hydrogens is 244 g/mol. The minimum Gasteiger partial charge on any atom is -0.359 e. The van der Waals surface area contributed by atoms with E-state index in [9.17, 15) is 4.79 Å². The molecule has 1 heterocycles. The summed E-state index contributed by atoms with van der Waals surface area (Å²) in [4.78, 5) is 15.8. The maximum Gasteiger partial charge on any atom is 0.224 e. The van der Waals surface area contributed by atoms with Crippen molar-refractivity contribution >= 4 is 17.2 Å². The van der Waals surface area contributed by atoms with Crippen LogP contribution in [0.1, 0.15) is 17.5 Å². The second kappa shape index (κ2) is 5.78. The molecule has 3 nitrogen and oxygen atoms in total. The van der Waals surface area contributed by atoms with Gasteiger partial charge in [-0.15, -0.1) is 11.3 Å². The van der Waals surface area contributed by atoms with E-state index < -0.39 is 0 Å². The van der Waals surface area contributed by atoms with Crippen LogP contribution in [0.4, 0.5) is 0 Å². The van der Waals surface area contributed by atoms with Gasteiger partial charge in [0.05, 0.1) is 17.1 Å². The summed E-state index contributed by atoms with van der Waals surface area (Å²) in [6.45, 7) is 2.11. The molecule has 2 aromatic rings. The zero-order valence-corrected chi connectivity index (χ0v) is 11.4.